The lowest BCUT2D eigenvalue weighted by Gasteiger charge is -2.15. The molecule has 0 atom stereocenters. The fourth-order valence-electron chi connectivity index (χ4n) is 2.64. The monoisotopic (exact) mass is 359 g/mol. The molecule has 5 nitrogen and oxygen atoms in total. The van der Waals surface area contributed by atoms with Gasteiger partial charge in [-0.25, -0.2) is 0 Å². The lowest BCUT2D eigenvalue weighted by molar-refractivity contribution is -0.0499. The highest BCUT2D eigenvalue weighted by Gasteiger charge is 2.12. The van der Waals surface area contributed by atoms with Crippen LogP contribution in [-0.2, 0) is 13.1 Å². The summed E-state index contributed by atoms with van der Waals surface area (Å²) in [6.45, 7) is 0.146. The highest BCUT2D eigenvalue weighted by atomic mass is 19.3. The van der Waals surface area contributed by atoms with Crippen LogP contribution < -0.4 is 4.74 Å². The first kappa shape index (κ1) is 18.0. The van der Waals surface area contributed by atoms with Crippen molar-refractivity contribution in [3.8, 4) is 17.1 Å². The van der Waals surface area contributed by atoms with E-state index >= 15 is 0 Å². The molecule has 26 heavy (non-hydrogen) atoms. The molecule has 3 aromatic rings. The first-order chi connectivity index (χ1) is 12.5. The predicted octanol–water partition coefficient (Wildman–Crippen LogP) is 4.28. The molecule has 0 radical (unpaired) electrons. The third-order valence-electron chi connectivity index (χ3n) is 3.73. The van der Waals surface area contributed by atoms with Gasteiger partial charge in [0.1, 0.15) is 5.75 Å². The average molecular weight is 359 g/mol. The van der Waals surface area contributed by atoms with Crippen LogP contribution in [0.4, 0.5) is 8.78 Å². The SMILES string of the molecule is Cc1cccc(-c2noc(CN(C)Cc3cccc(OC(F)F)c3)n2)c1. The summed E-state index contributed by atoms with van der Waals surface area (Å²) < 4.78 is 34.4. The number of hydrogen-bond acceptors (Lipinski definition) is 5. The summed E-state index contributed by atoms with van der Waals surface area (Å²) in [5.41, 5.74) is 2.88. The lowest BCUT2D eigenvalue weighted by Crippen LogP contribution is -2.17. The van der Waals surface area contributed by atoms with E-state index in [4.69, 9.17) is 4.52 Å². The second kappa shape index (κ2) is 8.05. The zero-order valence-electron chi connectivity index (χ0n) is 14.5. The smallest absolute Gasteiger partial charge is 0.387 e. The average Bonchev–Trinajstić information content (AvgIpc) is 3.03. The molecule has 2 aromatic carbocycles. The van der Waals surface area contributed by atoms with E-state index in [-0.39, 0.29) is 5.75 Å². The van der Waals surface area contributed by atoms with Crippen LogP contribution in [0.3, 0.4) is 0 Å². The van der Waals surface area contributed by atoms with Crippen LogP contribution in [0, 0.1) is 6.92 Å². The molecule has 0 bridgehead atoms. The molecule has 7 heteroatoms. The summed E-state index contributed by atoms with van der Waals surface area (Å²) in [4.78, 5) is 6.37. The van der Waals surface area contributed by atoms with Gasteiger partial charge < -0.3 is 9.26 Å². The highest BCUT2D eigenvalue weighted by Crippen LogP contribution is 2.19. The quantitative estimate of drug-likeness (QED) is 0.630. The van der Waals surface area contributed by atoms with Crippen molar-refractivity contribution in [3.63, 3.8) is 0 Å². The molecule has 0 amide bonds. The minimum atomic E-state index is -2.83. The zero-order chi connectivity index (χ0) is 18.5. The molecule has 0 unspecified atom stereocenters. The van der Waals surface area contributed by atoms with E-state index in [9.17, 15) is 8.78 Å². The Balaban J connectivity index is 1.63. The number of aryl methyl sites for hydroxylation is 1. The Morgan fingerprint density at radius 1 is 1.12 bits per heavy atom. The summed E-state index contributed by atoms with van der Waals surface area (Å²) in [5, 5.41) is 4.02. The van der Waals surface area contributed by atoms with E-state index in [0.717, 1.165) is 16.7 Å². The Kier molecular flexibility index (Phi) is 5.58. The second-order valence-corrected chi connectivity index (χ2v) is 6.08. The minimum absolute atomic E-state index is 0.144. The molecule has 0 fully saturated rings. The molecule has 0 N–H and O–H groups in total. The summed E-state index contributed by atoms with van der Waals surface area (Å²) >= 11 is 0. The van der Waals surface area contributed by atoms with Gasteiger partial charge in [-0.05, 0) is 37.7 Å². The molecule has 0 saturated carbocycles. The standard InChI is InChI=1S/C19H19F2N3O2/c1-13-5-3-7-15(9-13)18-22-17(26-23-18)12-24(2)11-14-6-4-8-16(10-14)25-19(20)21/h3-10,19H,11-12H2,1-2H3. The molecule has 0 aliphatic heterocycles. The molecule has 3 rings (SSSR count). The summed E-state index contributed by atoms with van der Waals surface area (Å²) in [6, 6.07) is 14.5. The summed E-state index contributed by atoms with van der Waals surface area (Å²) in [6.07, 6.45) is 0. The molecule has 0 saturated heterocycles. The topological polar surface area (TPSA) is 51.4 Å². The van der Waals surface area contributed by atoms with Gasteiger partial charge in [0.25, 0.3) is 0 Å². The maximum atomic E-state index is 12.3. The molecular formula is C19H19F2N3O2. The van der Waals surface area contributed by atoms with Gasteiger partial charge in [-0.3, -0.25) is 4.90 Å². The molecule has 136 valence electrons. The zero-order valence-corrected chi connectivity index (χ0v) is 14.5. The van der Waals surface area contributed by atoms with Crippen molar-refractivity contribution in [2.24, 2.45) is 0 Å². The van der Waals surface area contributed by atoms with Crippen LogP contribution >= 0.6 is 0 Å². The van der Waals surface area contributed by atoms with Gasteiger partial charge in [0.2, 0.25) is 11.7 Å². The van der Waals surface area contributed by atoms with Gasteiger partial charge in [-0.1, -0.05) is 41.1 Å². The molecule has 0 aliphatic carbocycles. The van der Waals surface area contributed by atoms with Gasteiger partial charge in [-0.2, -0.15) is 13.8 Å². The fraction of sp³-hybridized carbons (Fsp3) is 0.263. The van der Waals surface area contributed by atoms with E-state index < -0.39 is 6.61 Å². The van der Waals surface area contributed by atoms with Gasteiger partial charge in [0, 0.05) is 12.1 Å². The maximum Gasteiger partial charge on any atom is 0.387 e. The van der Waals surface area contributed by atoms with Crippen molar-refractivity contribution >= 4 is 0 Å². The maximum absolute atomic E-state index is 12.3. The number of ether oxygens (including phenoxy) is 1. The Morgan fingerprint density at radius 3 is 2.69 bits per heavy atom. The van der Waals surface area contributed by atoms with Crippen LogP contribution in [0.2, 0.25) is 0 Å². The van der Waals surface area contributed by atoms with Crippen LogP contribution in [-0.4, -0.2) is 28.7 Å². The van der Waals surface area contributed by atoms with Crippen molar-refractivity contribution in [2.75, 3.05) is 7.05 Å². The van der Waals surface area contributed by atoms with Gasteiger partial charge in [-0.15, -0.1) is 0 Å². The number of benzene rings is 2. The van der Waals surface area contributed by atoms with Crippen LogP contribution in [0.1, 0.15) is 17.0 Å². The number of alkyl halides is 2. The van der Waals surface area contributed by atoms with Gasteiger partial charge in [0.15, 0.2) is 0 Å². The minimum Gasteiger partial charge on any atom is -0.435 e. The number of rotatable bonds is 7. The Hall–Kier alpha value is -2.80. The first-order valence-electron chi connectivity index (χ1n) is 8.11. The summed E-state index contributed by atoms with van der Waals surface area (Å²) in [5.74, 6) is 1.18. The molecular weight excluding hydrogens is 340 g/mol. The second-order valence-electron chi connectivity index (χ2n) is 6.08. The largest absolute Gasteiger partial charge is 0.435 e. The highest BCUT2D eigenvalue weighted by molar-refractivity contribution is 5.55. The van der Waals surface area contributed by atoms with E-state index in [1.807, 2.05) is 49.2 Å². The molecule has 0 aliphatic rings. The lowest BCUT2D eigenvalue weighted by atomic mass is 10.1. The van der Waals surface area contributed by atoms with Crippen LogP contribution in [0.25, 0.3) is 11.4 Å². The Morgan fingerprint density at radius 2 is 1.92 bits per heavy atom. The van der Waals surface area contributed by atoms with Crippen molar-refractivity contribution in [2.45, 2.75) is 26.6 Å². The number of nitrogens with zero attached hydrogens (tertiary/aromatic N) is 3. The van der Waals surface area contributed by atoms with Crippen molar-refractivity contribution in [1.82, 2.24) is 15.0 Å². The normalized spacial score (nSPS) is 11.3. The van der Waals surface area contributed by atoms with E-state index in [1.165, 1.54) is 6.07 Å². The van der Waals surface area contributed by atoms with Crippen molar-refractivity contribution < 1.29 is 18.0 Å². The number of halogens is 2. The van der Waals surface area contributed by atoms with E-state index in [1.54, 1.807) is 12.1 Å². The number of aromatic nitrogens is 2. The van der Waals surface area contributed by atoms with Crippen molar-refractivity contribution in [3.05, 3.63) is 65.5 Å². The predicted molar refractivity (Wildman–Crippen MR) is 92.7 cm³/mol. The molecule has 1 heterocycles. The Bertz CT molecular complexity index is 867. The fourth-order valence-corrected chi connectivity index (χ4v) is 2.64. The first-order valence-corrected chi connectivity index (χ1v) is 8.11. The van der Waals surface area contributed by atoms with Crippen LogP contribution in [0.5, 0.6) is 5.75 Å². The van der Waals surface area contributed by atoms with Gasteiger partial charge >= 0.3 is 6.61 Å². The van der Waals surface area contributed by atoms with Gasteiger partial charge in [0.05, 0.1) is 6.54 Å². The molecule has 1 aromatic heterocycles. The van der Waals surface area contributed by atoms with Crippen LogP contribution in [0.15, 0.2) is 53.1 Å². The summed E-state index contributed by atoms with van der Waals surface area (Å²) in [7, 11) is 1.89. The van der Waals surface area contributed by atoms with E-state index in [0.29, 0.717) is 24.8 Å². The third-order valence-corrected chi connectivity index (χ3v) is 3.73. The third kappa shape index (κ3) is 4.86. The van der Waals surface area contributed by atoms with Crippen molar-refractivity contribution in [1.29, 1.82) is 0 Å². The molecule has 0 spiro atoms. The number of hydrogen-bond donors (Lipinski definition) is 0. The van der Waals surface area contributed by atoms with E-state index in [2.05, 4.69) is 14.9 Å². The Labute approximate surface area is 150 Å².